The quantitative estimate of drug-likeness (QED) is 0.703. The second kappa shape index (κ2) is 6.98. The molecule has 1 fully saturated rings. The van der Waals surface area contributed by atoms with Crippen molar-refractivity contribution in [1.82, 2.24) is 14.3 Å². The second-order valence-electron chi connectivity index (χ2n) is 6.27. The molecule has 3 heterocycles. The van der Waals surface area contributed by atoms with Gasteiger partial charge in [-0.1, -0.05) is 12.1 Å². The van der Waals surface area contributed by atoms with E-state index < -0.39 is 0 Å². The van der Waals surface area contributed by atoms with Crippen LogP contribution in [-0.4, -0.2) is 27.4 Å². The number of hydrogen-bond donors (Lipinski definition) is 0. The van der Waals surface area contributed by atoms with Crippen LogP contribution in [0.4, 0.5) is 0 Å². The molecule has 1 aliphatic heterocycles. The molecule has 5 nitrogen and oxygen atoms in total. The first kappa shape index (κ1) is 16.3. The number of nitrogens with zero attached hydrogens (tertiary/aromatic N) is 3. The molecule has 2 aromatic heterocycles. The summed E-state index contributed by atoms with van der Waals surface area (Å²) in [6.45, 7) is 4.42. The third-order valence-corrected chi connectivity index (χ3v) is 5.42. The number of aromatic nitrogens is 2. The SMILES string of the molecule is CCOc1ccc(C2CCCN2Cc2cc(=O)n3ccsc3n2)cc1. The molecule has 3 aromatic rings. The van der Waals surface area contributed by atoms with Crippen LogP contribution in [0.5, 0.6) is 5.75 Å². The van der Waals surface area contributed by atoms with Crippen molar-refractivity contribution in [3.05, 3.63) is 63.5 Å². The lowest BCUT2D eigenvalue weighted by Gasteiger charge is -2.24. The van der Waals surface area contributed by atoms with Gasteiger partial charge in [0.25, 0.3) is 5.56 Å². The standard InChI is InChI=1S/C19H21N3O2S/c1-2-24-16-7-5-14(6-8-16)17-4-3-9-21(17)13-15-12-18(23)22-10-11-25-19(22)20-15/h5-8,10-12,17H,2-4,9,13H2,1H3. The Balaban J connectivity index is 1.55. The average Bonchev–Trinajstić information content (AvgIpc) is 3.25. The molecule has 0 bridgehead atoms. The molecule has 1 saturated heterocycles. The maximum atomic E-state index is 12.2. The van der Waals surface area contributed by atoms with Gasteiger partial charge >= 0.3 is 0 Å². The summed E-state index contributed by atoms with van der Waals surface area (Å²) in [4.78, 5) is 20.0. The highest BCUT2D eigenvalue weighted by atomic mass is 32.1. The second-order valence-corrected chi connectivity index (χ2v) is 7.14. The lowest BCUT2D eigenvalue weighted by Crippen LogP contribution is -2.25. The molecule has 1 aliphatic rings. The van der Waals surface area contributed by atoms with Crippen molar-refractivity contribution in [1.29, 1.82) is 0 Å². The van der Waals surface area contributed by atoms with Gasteiger partial charge in [-0.15, -0.1) is 11.3 Å². The molecule has 0 amide bonds. The predicted octanol–water partition coefficient (Wildman–Crippen LogP) is 3.49. The third kappa shape index (κ3) is 3.32. The van der Waals surface area contributed by atoms with Crippen LogP contribution in [-0.2, 0) is 6.54 Å². The minimum Gasteiger partial charge on any atom is -0.494 e. The molecule has 6 heteroatoms. The number of rotatable bonds is 5. The van der Waals surface area contributed by atoms with Crippen molar-refractivity contribution >= 4 is 16.3 Å². The summed E-state index contributed by atoms with van der Waals surface area (Å²) < 4.78 is 7.13. The van der Waals surface area contributed by atoms with Gasteiger partial charge in [0.1, 0.15) is 5.75 Å². The minimum atomic E-state index is -0.00179. The van der Waals surface area contributed by atoms with E-state index in [9.17, 15) is 4.79 Å². The molecule has 1 aromatic carbocycles. The number of ether oxygens (including phenoxy) is 1. The number of thiazole rings is 1. The summed E-state index contributed by atoms with van der Waals surface area (Å²) in [6, 6.07) is 10.4. The zero-order valence-electron chi connectivity index (χ0n) is 14.2. The van der Waals surface area contributed by atoms with E-state index in [0.717, 1.165) is 35.8 Å². The Labute approximate surface area is 150 Å². The Kier molecular flexibility index (Phi) is 4.55. The van der Waals surface area contributed by atoms with Gasteiger partial charge in [0.15, 0.2) is 4.96 Å². The van der Waals surface area contributed by atoms with E-state index >= 15 is 0 Å². The van der Waals surface area contributed by atoms with Gasteiger partial charge in [-0.2, -0.15) is 0 Å². The molecule has 0 radical (unpaired) electrons. The zero-order chi connectivity index (χ0) is 17.2. The van der Waals surface area contributed by atoms with Crippen molar-refractivity contribution in [2.45, 2.75) is 32.4 Å². The van der Waals surface area contributed by atoms with E-state index in [1.807, 2.05) is 24.4 Å². The lowest BCUT2D eigenvalue weighted by atomic mass is 10.0. The molecule has 0 saturated carbocycles. The molecule has 4 rings (SSSR count). The summed E-state index contributed by atoms with van der Waals surface area (Å²) in [6.07, 6.45) is 4.07. The highest BCUT2D eigenvalue weighted by molar-refractivity contribution is 7.15. The van der Waals surface area contributed by atoms with Gasteiger partial charge in [0, 0.05) is 30.2 Å². The summed E-state index contributed by atoms with van der Waals surface area (Å²) in [5.74, 6) is 0.911. The lowest BCUT2D eigenvalue weighted by molar-refractivity contribution is 0.245. The van der Waals surface area contributed by atoms with Gasteiger partial charge in [0.05, 0.1) is 12.3 Å². The summed E-state index contributed by atoms with van der Waals surface area (Å²) in [5, 5.41) is 1.89. The fourth-order valence-electron chi connectivity index (χ4n) is 3.52. The van der Waals surface area contributed by atoms with Gasteiger partial charge in [-0.3, -0.25) is 14.1 Å². The van der Waals surface area contributed by atoms with E-state index in [-0.39, 0.29) is 5.56 Å². The van der Waals surface area contributed by atoms with E-state index in [1.165, 1.54) is 16.9 Å². The first-order valence-electron chi connectivity index (χ1n) is 8.67. The Morgan fingerprint density at radius 2 is 2.16 bits per heavy atom. The monoisotopic (exact) mass is 355 g/mol. The van der Waals surface area contributed by atoms with Crippen LogP contribution in [0.2, 0.25) is 0 Å². The molecule has 0 N–H and O–H groups in total. The van der Waals surface area contributed by atoms with Crippen molar-refractivity contribution in [3.63, 3.8) is 0 Å². The Hall–Kier alpha value is -2.18. The van der Waals surface area contributed by atoms with Crippen LogP contribution in [0.1, 0.15) is 37.1 Å². The molecule has 25 heavy (non-hydrogen) atoms. The summed E-state index contributed by atoms with van der Waals surface area (Å²) in [7, 11) is 0. The summed E-state index contributed by atoms with van der Waals surface area (Å²) >= 11 is 1.50. The molecular weight excluding hydrogens is 334 g/mol. The van der Waals surface area contributed by atoms with Crippen LogP contribution >= 0.6 is 11.3 Å². The zero-order valence-corrected chi connectivity index (χ0v) is 15.0. The van der Waals surface area contributed by atoms with Crippen molar-refractivity contribution in [2.24, 2.45) is 0 Å². The van der Waals surface area contributed by atoms with Gasteiger partial charge < -0.3 is 4.74 Å². The highest BCUT2D eigenvalue weighted by Gasteiger charge is 2.26. The topological polar surface area (TPSA) is 46.8 Å². The van der Waals surface area contributed by atoms with Gasteiger partial charge in [-0.25, -0.2) is 4.98 Å². The van der Waals surface area contributed by atoms with Crippen molar-refractivity contribution < 1.29 is 4.74 Å². The molecule has 0 spiro atoms. The molecule has 1 atom stereocenters. The molecule has 1 unspecified atom stereocenters. The van der Waals surface area contributed by atoms with Gasteiger partial charge in [0.2, 0.25) is 0 Å². The first-order valence-corrected chi connectivity index (χ1v) is 9.55. The number of hydrogen-bond acceptors (Lipinski definition) is 5. The van der Waals surface area contributed by atoms with E-state index in [1.54, 1.807) is 16.7 Å². The van der Waals surface area contributed by atoms with Crippen LogP contribution < -0.4 is 10.3 Å². The Morgan fingerprint density at radius 3 is 2.96 bits per heavy atom. The average molecular weight is 355 g/mol. The largest absolute Gasteiger partial charge is 0.494 e. The van der Waals surface area contributed by atoms with Crippen molar-refractivity contribution in [3.8, 4) is 5.75 Å². The third-order valence-electron chi connectivity index (χ3n) is 4.66. The number of likely N-dealkylation sites (tertiary alicyclic amines) is 1. The fraction of sp³-hybridized carbons (Fsp3) is 0.368. The van der Waals surface area contributed by atoms with E-state index in [0.29, 0.717) is 19.2 Å². The highest BCUT2D eigenvalue weighted by Crippen LogP contribution is 2.33. The van der Waals surface area contributed by atoms with E-state index in [4.69, 9.17) is 4.74 Å². The minimum absolute atomic E-state index is 0.00179. The summed E-state index contributed by atoms with van der Waals surface area (Å²) in [5.41, 5.74) is 2.15. The molecule has 130 valence electrons. The first-order chi connectivity index (χ1) is 12.2. The smallest absolute Gasteiger partial charge is 0.258 e. The van der Waals surface area contributed by atoms with Crippen LogP contribution in [0.3, 0.4) is 0 Å². The maximum Gasteiger partial charge on any atom is 0.258 e. The Bertz CT molecular complexity index is 916. The molecule has 0 aliphatic carbocycles. The number of benzene rings is 1. The van der Waals surface area contributed by atoms with Crippen LogP contribution in [0.15, 0.2) is 46.7 Å². The number of fused-ring (bicyclic) bond motifs is 1. The Morgan fingerprint density at radius 1 is 1.32 bits per heavy atom. The van der Waals surface area contributed by atoms with Gasteiger partial charge in [-0.05, 0) is 44.0 Å². The predicted molar refractivity (Wildman–Crippen MR) is 99.3 cm³/mol. The van der Waals surface area contributed by atoms with Crippen LogP contribution in [0, 0.1) is 0 Å². The maximum absolute atomic E-state index is 12.2. The van der Waals surface area contributed by atoms with Crippen LogP contribution in [0.25, 0.3) is 4.96 Å². The van der Waals surface area contributed by atoms with Crippen molar-refractivity contribution in [2.75, 3.05) is 13.2 Å². The normalized spacial score (nSPS) is 18.0. The van der Waals surface area contributed by atoms with E-state index in [2.05, 4.69) is 22.0 Å². The molecular formula is C19H21N3O2S. The fourth-order valence-corrected chi connectivity index (χ4v) is 4.26.